The Balaban J connectivity index is 2.91. The van der Waals surface area contributed by atoms with Crippen LogP contribution in [0, 0.1) is 0 Å². The van der Waals surface area contributed by atoms with Crippen LogP contribution in [-0.2, 0) is 9.53 Å². The third kappa shape index (κ3) is 3.76. The van der Waals surface area contributed by atoms with Gasteiger partial charge in [-0.05, 0) is 30.7 Å². The second-order valence-corrected chi connectivity index (χ2v) is 5.12. The number of rotatable bonds is 4. The molecule has 17 heavy (non-hydrogen) atoms. The average Bonchev–Trinajstić information content (AvgIpc) is 2.30. The van der Waals surface area contributed by atoms with Gasteiger partial charge >= 0.3 is 5.97 Å². The van der Waals surface area contributed by atoms with Crippen LogP contribution in [0.3, 0.4) is 0 Å². The molecule has 6 heteroatoms. The lowest BCUT2D eigenvalue weighted by atomic mass is 10.0. The molecule has 0 saturated heterocycles. The van der Waals surface area contributed by atoms with Crippen LogP contribution in [0.1, 0.15) is 18.5 Å². The number of alkyl halides is 1. The number of benzene rings is 1. The smallest absolute Gasteiger partial charge is 0.342 e. The van der Waals surface area contributed by atoms with Gasteiger partial charge in [0.25, 0.3) is 0 Å². The molecule has 0 fully saturated rings. The molecule has 1 aromatic rings. The van der Waals surface area contributed by atoms with Gasteiger partial charge in [0.2, 0.25) is 6.17 Å². The van der Waals surface area contributed by atoms with Crippen molar-refractivity contribution in [3.8, 4) is 0 Å². The molecule has 94 valence electrons. The van der Waals surface area contributed by atoms with Gasteiger partial charge in [-0.3, -0.25) is 0 Å². The van der Waals surface area contributed by atoms with E-state index in [2.05, 4.69) is 36.6 Å². The molecule has 0 heterocycles. The second kappa shape index (κ2) is 6.47. The van der Waals surface area contributed by atoms with E-state index in [1.807, 2.05) is 0 Å². The van der Waals surface area contributed by atoms with E-state index in [4.69, 9.17) is 5.73 Å². The molecule has 0 bridgehead atoms. The normalized spacial score (nSPS) is 14.2. The van der Waals surface area contributed by atoms with Crippen LogP contribution in [0.2, 0.25) is 0 Å². The molecule has 0 spiro atoms. The van der Waals surface area contributed by atoms with Gasteiger partial charge < -0.3 is 10.5 Å². The van der Waals surface area contributed by atoms with Crippen molar-refractivity contribution in [2.45, 2.75) is 19.1 Å². The monoisotopic (exact) mass is 367 g/mol. The Bertz CT molecular complexity index is 414. The fourth-order valence-electron chi connectivity index (χ4n) is 1.30. The van der Waals surface area contributed by atoms with Gasteiger partial charge in [-0.15, -0.1) is 0 Å². The number of halogens is 3. The van der Waals surface area contributed by atoms with Crippen LogP contribution in [0.15, 0.2) is 27.1 Å². The zero-order chi connectivity index (χ0) is 13.0. The Kier molecular flexibility index (Phi) is 5.55. The van der Waals surface area contributed by atoms with E-state index in [0.717, 1.165) is 4.47 Å². The fourth-order valence-corrected chi connectivity index (χ4v) is 2.19. The molecule has 2 N–H and O–H groups in total. The lowest BCUT2D eigenvalue weighted by molar-refractivity contribution is -0.149. The first-order valence-electron chi connectivity index (χ1n) is 4.98. The van der Waals surface area contributed by atoms with Crippen molar-refractivity contribution in [1.29, 1.82) is 0 Å². The summed E-state index contributed by atoms with van der Waals surface area (Å²) in [6.07, 6.45) is -1.87. The summed E-state index contributed by atoms with van der Waals surface area (Å²) >= 11 is 6.53. The summed E-state index contributed by atoms with van der Waals surface area (Å²) < 4.78 is 19.8. The van der Waals surface area contributed by atoms with Gasteiger partial charge in [0.05, 0.1) is 12.6 Å². The lowest BCUT2D eigenvalue weighted by Crippen LogP contribution is -2.31. The van der Waals surface area contributed by atoms with Crippen LogP contribution in [0.5, 0.6) is 0 Å². The first-order chi connectivity index (χ1) is 7.97. The van der Waals surface area contributed by atoms with Gasteiger partial charge in [0, 0.05) is 8.95 Å². The number of hydrogen-bond acceptors (Lipinski definition) is 3. The molecule has 1 aromatic carbocycles. The molecule has 0 aliphatic heterocycles. The Morgan fingerprint density at radius 2 is 2.18 bits per heavy atom. The number of esters is 1. The quantitative estimate of drug-likeness (QED) is 0.830. The molecular weight excluding hydrogens is 357 g/mol. The first kappa shape index (κ1) is 14.6. The number of nitrogens with two attached hydrogens (primary N) is 1. The minimum atomic E-state index is -1.87. The number of hydrogen-bond donors (Lipinski definition) is 1. The van der Waals surface area contributed by atoms with Crippen molar-refractivity contribution >= 4 is 37.8 Å². The van der Waals surface area contributed by atoms with Gasteiger partial charge in [-0.2, -0.15) is 0 Å². The van der Waals surface area contributed by atoms with Gasteiger partial charge in [0.15, 0.2) is 0 Å². The number of carbonyl (C=O) groups excluding carboxylic acids is 1. The largest absolute Gasteiger partial charge is 0.464 e. The molecule has 1 rings (SSSR count). The maximum Gasteiger partial charge on any atom is 0.342 e. The van der Waals surface area contributed by atoms with Crippen molar-refractivity contribution < 1.29 is 13.9 Å². The standard InChI is InChI=1S/C11H12Br2FNO2/c1-2-17-11(16)9(14)10(15)7-5-6(12)3-4-8(7)13/h3-5,9-10H,2,15H2,1H3/t9?,10-/m0/s1. The van der Waals surface area contributed by atoms with Crippen LogP contribution < -0.4 is 5.73 Å². The highest BCUT2D eigenvalue weighted by molar-refractivity contribution is 9.11. The maximum absolute atomic E-state index is 13.7. The summed E-state index contributed by atoms with van der Waals surface area (Å²) in [6, 6.07) is 4.14. The number of carbonyl (C=O) groups is 1. The fraction of sp³-hybridized carbons (Fsp3) is 0.364. The SMILES string of the molecule is CCOC(=O)C(F)[C@@H](N)c1cc(Br)ccc1Br. The molecule has 0 amide bonds. The average molecular weight is 369 g/mol. The van der Waals surface area contributed by atoms with Gasteiger partial charge in [-0.1, -0.05) is 31.9 Å². The molecule has 1 unspecified atom stereocenters. The third-order valence-electron chi connectivity index (χ3n) is 2.14. The van der Waals surface area contributed by atoms with Crippen LogP contribution in [0.4, 0.5) is 4.39 Å². The van der Waals surface area contributed by atoms with Crippen LogP contribution in [0.25, 0.3) is 0 Å². The second-order valence-electron chi connectivity index (χ2n) is 3.35. The van der Waals surface area contributed by atoms with Crippen molar-refractivity contribution in [3.05, 3.63) is 32.7 Å². The van der Waals surface area contributed by atoms with Crippen molar-refractivity contribution in [2.24, 2.45) is 5.73 Å². The van der Waals surface area contributed by atoms with Crippen molar-refractivity contribution in [2.75, 3.05) is 6.61 Å². The van der Waals surface area contributed by atoms with E-state index in [1.165, 1.54) is 0 Å². The molecule has 0 aromatic heterocycles. The topological polar surface area (TPSA) is 52.3 Å². The summed E-state index contributed by atoms with van der Waals surface area (Å²) in [5.41, 5.74) is 6.23. The van der Waals surface area contributed by atoms with Gasteiger partial charge in [-0.25, -0.2) is 9.18 Å². The minimum Gasteiger partial charge on any atom is -0.464 e. The molecule has 0 aliphatic rings. The molecular formula is C11H12Br2FNO2. The summed E-state index contributed by atoms with van der Waals surface area (Å²) in [4.78, 5) is 11.2. The molecule has 0 aliphatic carbocycles. The minimum absolute atomic E-state index is 0.131. The predicted octanol–water partition coefficient (Wildman–Crippen LogP) is 3.11. The van der Waals surface area contributed by atoms with E-state index in [-0.39, 0.29) is 6.61 Å². The summed E-state index contributed by atoms with van der Waals surface area (Å²) in [5, 5.41) is 0. The molecule has 2 atom stereocenters. The molecule has 3 nitrogen and oxygen atoms in total. The predicted molar refractivity (Wildman–Crippen MR) is 70.3 cm³/mol. The summed E-state index contributed by atoms with van der Waals surface area (Å²) in [5.74, 6) is -0.938. The molecule has 0 saturated carbocycles. The Hall–Kier alpha value is -0.460. The van der Waals surface area contributed by atoms with Crippen molar-refractivity contribution in [1.82, 2.24) is 0 Å². The Labute approximate surface area is 116 Å². The highest BCUT2D eigenvalue weighted by atomic mass is 79.9. The lowest BCUT2D eigenvalue weighted by Gasteiger charge is -2.17. The zero-order valence-electron chi connectivity index (χ0n) is 9.12. The third-order valence-corrected chi connectivity index (χ3v) is 3.36. The molecule has 0 radical (unpaired) electrons. The summed E-state index contributed by atoms with van der Waals surface area (Å²) in [6.45, 7) is 1.75. The Morgan fingerprint density at radius 3 is 2.76 bits per heavy atom. The first-order valence-corrected chi connectivity index (χ1v) is 6.57. The van der Waals surface area contributed by atoms with E-state index in [9.17, 15) is 9.18 Å². The maximum atomic E-state index is 13.7. The zero-order valence-corrected chi connectivity index (χ0v) is 12.3. The number of ether oxygens (including phenoxy) is 1. The highest BCUT2D eigenvalue weighted by Gasteiger charge is 2.29. The van der Waals surface area contributed by atoms with E-state index >= 15 is 0 Å². The van der Waals surface area contributed by atoms with Crippen LogP contribution in [-0.4, -0.2) is 18.7 Å². The van der Waals surface area contributed by atoms with E-state index in [1.54, 1.807) is 25.1 Å². The van der Waals surface area contributed by atoms with Crippen LogP contribution >= 0.6 is 31.9 Å². The Morgan fingerprint density at radius 1 is 1.53 bits per heavy atom. The highest BCUT2D eigenvalue weighted by Crippen LogP contribution is 2.28. The van der Waals surface area contributed by atoms with E-state index in [0.29, 0.717) is 10.0 Å². The summed E-state index contributed by atoms with van der Waals surface area (Å²) in [7, 11) is 0. The van der Waals surface area contributed by atoms with E-state index < -0.39 is 18.2 Å². The van der Waals surface area contributed by atoms with Crippen molar-refractivity contribution in [3.63, 3.8) is 0 Å². The van der Waals surface area contributed by atoms with Gasteiger partial charge in [0.1, 0.15) is 0 Å².